The van der Waals surface area contributed by atoms with Gasteiger partial charge in [0.15, 0.2) is 0 Å². The summed E-state index contributed by atoms with van der Waals surface area (Å²) in [5.74, 6) is 3.65. The van der Waals surface area contributed by atoms with Crippen LogP contribution in [0.3, 0.4) is 0 Å². The molecule has 0 saturated carbocycles. The van der Waals surface area contributed by atoms with Crippen molar-refractivity contribution in [2.45, 2.75) is 0 Å². The summed E-state index contributed by atoms with van der Waals surface area (Å²) in [7, 11) is 0. The minimum Gasteiger partial charge on any atom is -0.354 e. The third kappa shape index (κ3) is 12.7. The minimum absolute atomic E-state index is 0.0224. The van der Waals surface area contributed by atoms with Crippen LogP contribution in [0.25, 0.3) is 0 Å². The van der Waals surface area contributed by atoms with Gasteiger partial charge in [0.05, 0.1) is 0 Å². The van der Waals surface area contributed by atoms with E-state index in [1.807, 2.05) is 0 Å². The molecular formula is C10H18Cl2N2O2S2. The maximum atomic E-state index is 10.8. The second kappa shape index (κ2) is 13.6. The lowest BCUT2D eigenvalue weighted by molar-refractivity contribution is -0.119. The summed E-state index contributed by atoms with van der Waals surface area (Å²) < 4.78 is 0. The molecule has 0 aromatic rings. The Balaban J connectivity index is 3.07. The first-order valence-corrected chi connectivity index (χ1v) is 8.89. The molecule has 2 N–H and O–H groups in total. The van der Waals surface area contributed by atoms with Crippen molar-refractivity contribution in [3.8, 4) is 0 Å². The van der Waals surface area contributed by atoms with Crippen LogP contribution in [0.5, 0.6) is 0 Å². The van der Waals surface area contributed by atoms with Gasteiger partial charge < -0.3 is 10.6 Å². The molecule has 18 heavy (non-hydrogen) atoms. The Kier molecular flexibility index (Phi) is 13.8. The summed E-state index contributed by atoms with van der Waals surface area (Å²) >= 11 is 14.2. The molecule has 0 aromatic heterocycles. The number of rotatable bonds is 11. The maximum Gasteiger partial charge on any atom is 0.234 e. The zero-order valence-electron chi connectivity index (χ0n) is 10.0. The summed E-state index contributed by atoms with van der Waals surface area (Å²) in [6, 6.07) is 0. The molecule has 0 unspecified atom stereocenters. The number of thioether (sulfide) groups is 2. The third-order valence-electron chi connectivity index (χ3n) is 1.75. The Morgan fingerprint density at radius 1 is 0.778 bits per heavy atom. The van der Waals surface area contributed by atoms with Crippen molar-refractivity contribution in [2.24, 2.45) is 0 Å². The van der Waals surface area contributed by atoms with E-state index in [0.29, 0.717) is 13.1 Å². The third-order valence-corrected chi connectivity index (χ3v) is 4.47. The molecule has 2 amide bonds. The van der Waals surface area contributed by atoms with Gasteiger partial charge in [-0.2, -0.15) is 23.5 Å². The van der Waals surface area contributed by atoms with E-state index in [9.17, 15) is 9.59 Å². The predicted octanol–water partition coefficient (Wildman–Crippen LogP) is 1.16. The number of alkyl halides is 2. The van der Waals surface area contributed by atoms with Gasteiger partial charge in [0, 0.05) is 36.1 Å². The molecule has 0 spiro atoms. The Bertz CT molecular complexity index is 222. The molecule has 0 radical (unpaired) electrons. The SMILES string of the molecule is O=C(CCl)NCCSCCSCCNC(=O)CCl. The summed E-state index contributed by atoms with van der Waals surface area (Å²) in [6.07, 6.45) is 0. The highest BCUT2D eigenvalue weighted by molar-refractivity contribution is 8.02. The lowest BCUT2D eigenvalue weighted by Crippen LogP contribution is -2.27. The fraction of sp³-hybridized carbons (Fsp3) is 0.800. The van der Waals surface area contributed by atoms with E-state index in [1.165, 1.54) is 0 Å². The maximum absolute atomic E-state index is 10.8. The lowest BCUT2D eigenvalue weighted by Gasteiger charge is -2.04. The van der Waals surface area contributed by atoms with Gasteiger partial charge in [0.25, 0.3) is 0 Å². The van der Waals surface area contributed by atoms with Gasteiger partial charge in [-0.1, -0.05) is 0 Å². The fourth-order valence-corrected chi connectivity index (χ4v) is 2.97. The van der Waals surface area contributed by atoms with Crippen LogP contribution in [-0.2, 0) is 9.59 Å². The molecule has 0 rings (SSSR count). The first-order valence-electron chi connectivity index (χ1n) is 5.51. The highest BCUT2D eigenvalue weighted by Crippen LogP contribution is 2.05. The van der Waals surface area contributed by atoms with Crippen LogP contribution in [0.1, 0.15) is 0 Å². The zero-order valence-corrected chi connectivity index (χ0v) is 13.2. The quantitative estimate of drug-likeness (QED) is 0.440. The Hall–Kier alpha value is 0.220. The van der Waals surface area contributed by atoms with Crippen molar-refractivity contribution in [3.63, 3.8) is 0 Å². The number of amides is 2. The molecule has 0 aliphatic heterocycles. The summed E-state index contributed by atoms with van der Waals surface area (Å²) in [5.41, 5.74) is 0. The van der Waals surface area contributed by atoms with E-state index in [0.717, 1.165) is 23.0 Å². The van der Waals surface area contributed by atoms with Crippen molar-refractivity contribution in [1.29, 1.82) is 0 Å². The smallest absolute Gasteiger partial charge is 0.234 e. The second-order valence-electron chi connectivity index (χ2n) is 3.19. The molecule has 106 valence electrons. The molecule has 8 heteroatoms. The molecule has 0 atom stereocenters. The Labute approximate surface area is 126 Å². The lowest BCUT2D eigenvalue weighted by atomic mass is 10.6. The van der Waals surface area contributed by atoms with Crippen LogP contribution in [0, 0.1) is 0 Å². The molecule has 4 nitrogen and oxygen atoms in total. The van der Waals surface area contributed by atoms with Crippen molar-refractivity contribution in [2.75, 3.05) is 47.9 Å². The van der Waals surface area contributed by atoms with Gasteiger partial charge in [-0.3, -0.25) is 9.59 Å². The van der Waals surface area contributed by atoms with Gasteiger partial charge in [-0.05, 0) is 0 Å². The fourth-order valence-electron chi connectivity index (χ4n) is 0.942. The first kappa shape index (κ1) is 18.2. The van der Waals surface area contributed by atoms with Gasteiger partial charge in [0.2, 0.25) is 11.8 Å². The number of halogens is 2. The molecule has 0 heterocycles. The Morgan fingerprint density at radius 2 is 1.17 bits per heavy atom. The average Bonchev–Trinajstić information content (AvgIpc) is 2.40. The van der Waals surface area contributed by atoms with Crippen LogP contribution in [-0.4, -0.2) is 59.7 Å². The number of carbonyl (C=O) groups excluding carboxylic acids is 2. The topological polar surface area (TPSA) is 58.2 Å². The van der Waals surface area contributed by atoms with E-state index < -0.39 is 0 Å². The number of carbonyl (C=O) groups is 2. The number of hydrogen-bond donors (Lipinski definition) is 2. The van der Waals surface area contributed by atoms with E-state index in [-0.39, 0.29) is 23.6 Å². The molecule has 0 fully saturated rings. The van der Waals surface area contributed by atoms with Gasteiger partial charge >= 0.3 is 0 Å². The van der Waals surface area contributed by atoms with E-state index in [1.54, 1.807) is 23.5 Å². The van der Waals surface area contributed by atoms with Gasteiger partial charge in [-0.25, -0.2) is 0 Å². The van der Waals surface area contributed by atoms with Gasteiger partial charge in [0.1, 0.15) is 11.8 Å². The normalized spacial score (nSPS) is 10.1. The summed E-state index contributed by atoms with van der Waals surface area (Å²) in [5, 5.41) is 5.41. The predicted molar refractivity (Wildman–Crippen MR) is 82.1 cm³/mol. The Morgan fingerprint density at radius 3 is 1.50 bits per heavy atom. The monoisotopic (exact) mass is 332 g/mol. The molecule has 0 saturated heterocycles. The van der Waals surface area contributed by atoms with Crippen molar-refractivity contribution >= 4 is 58.5 Å². The van der Waals surface area contributed by atoms with Crippen LogP contribution < -0.4 is 10.6 Å². The minimum atomic E-state index is -0.123. The summed E-state index contributed by atoms with van der Waals surface area (Å²) in [4.78, 5) is 21.6. The highest BCUT2D eigenvalue weighted by atomic mass is 35.5. The van der Waals surface area contributed by atoms with E-state index in [2.05, 4.69) is 10.6 Å². The zero-order chi connectivity index (χ0) is 13.6. The van der Waals surface area contributed by atoms with Crippen molar-refractivity contribution in [1.82, 2.24) is 10.6 Å². The van der Waals surface area contributed by atoms with Gasteiger partial charge in [-0.15, -0.1) is 23.2 Å². The van der Waals surface area contributed by atoms with Crippen LogP contribution in [0.2, 0.25) is 0 Å². The molecular weight excluding hydrogens is 315 g/mol. The van der Waals surface area contributed by atoms with Crippen LogP contribution >= 0.6 is 46.7 Å². The van der Waals surface area contributed by atoms with E-state index in [4.69, 9.17) is 23.2 Å². The van der Waals surface area contributed by atoms with Crippen LogP contribution in [0.4, 0.5) is 0 Å². The number of hydrogen-bond acceptors (Lipinski definition) is 4. The first-order chi connectivity index (χ1) is 8.70. The molecule has 0 aliphatic carbocycles. The largest absolute Gasteiger partial charge is 0.354 e. The van der Waals surface area contributed by atoms with Crippen LogP contribution in [0.15, 0.2) is 0 Å². The van der Waals surface area contributed by atoms with Crippen molar-refractivity contribution < 1.29 is 9.59 Å². The highest BCUT2D eigenvalue weighted by Gasteiger charge is 1.98. The number of nitrogens with one attached hydrogen (secondary N) is 2. The van der Waals surface area contributed by atoms with E-state index >= 15 is 0 Å². The average molecular weight is 333 g/mol. The molecule has 0 aliphatic rings. The molecule has 0 aromatic carbocycles. The van der Waals surface area contributed by atoms with Crippen molar-refractivity contribution in [3.05, 3.63) is 0 Å². The standard InChI is InChI=1S/C10H18Cl2N2O2S2/c11-7-9(15)13-1-3-17-5-6-18-4-2-14-10(16)8-12/h1-8H2,(H,13,15)(H,14,16). The summed E-state index contributed by atoms with van der Waals surface area (Å²) in [6.45, 7) is 1.32. The molecule has 0 bridgehead atoms. The second-order valence-corrected chi connectivity index (χ2v) is 6.18.